The zero-order chi connectivity index (χ0) is 23.3. The average molecular weight is 439 g/mol. The maximum absolute atomic E-state index is 13.2. The summed E-state index contributed by atoms with van der Waals surface area (Å²) in [6.07, 6.45) is 0.870. The highest BCUT2D eigenvalue weighted by molar-refractivity contribution is 5.93. The van der Waals surface area contributed by atoms with Gasteiger partial charge >= 0.3 is 5.97 Å². The van der Waals surface area contributed by atoms with Crippen LogP contribution in [0.4, 0.5) is 0 Å². The van der Waals surface area contributed by atoms with Crippen molar-refractivity contribution < 1.29 is 23.9 Å². The lowest BCUT2D eigenvalue weighted by molar-refractivity contribution is -0.142. The van der Waals surface area contributed by atoms with E-state index in [1.807, 2.05) is 38.1 Å². The molecular weight excluding hydrogens is 408 g/mol. The van der Waals surface area contributed by atoms with Gasteiger partial charge in [0, 0.05) is 25.9 Å². The van der Waals surface area contributed by atoms with E-state index in [9.17, 15) is 14.4 Å². The Kier molecular flexibility index (Phi) is 7.51. The zero-order valence-corrected chi connectivity index (χ0v) is 19.0. The van der Waals surface area contributed by atoms with E-state index in [2.05, 4.69) is 5.32 Å². The topological polar surface area (TPSA) is 84.9 Å². The van der Waals surface area contributed by atoms with Gasteiger partial charge in [-0.2, -0.15) is 0 Å². The van der Waals surface area contributed by atoms with Crippen LogP contribution in [0.2, 0.25) is 0 Å². The smallest absolute Gasteiger partial charge is 0.341 e. The van der Waals surface area contributed by atoms with Crippen LogP contribution < -0.4 is 10.1 Å². The monoisotopic (exact) mass is 438 g/mol. The van der Waals surface area contributed by atoms with Crippen molar-refractivity contribution in [2.45, 2.75) is 45.8 Å². The van der Waals surface area contributed by atoms with Crippen LogP contribution in [-0.2, 0) is 33.8 Å². The summed E-state index contributed by atoms with van der Waals surface area (Å²) >= 11 is 0. The predicted octanol–water partition coefficient (Wildman–Crippen LogP) is 3.10. The molecule has 1 aliphatic heterocycles. The Labute approximate surface area is 188 Å². The van der Waals surface area contributed by atoms with Crippen molar-refractivity contribution in [3.8, 4) is 5.75 Å². The first-order chi connectivity index (χ1) is 15.3. The molecule has 3 rings (SSSR count). The molecule has 0 aromatic heterocycles. The second-order valence-electron chi connectivity index (χ2n) is 8.35. The van der Waals surface area contributed by atoms with Gasteiger partial charge in [-0.25, -0.2) is 4.79 Å². The van der Waals surface area contributed by atoms with Gasteiger partial charge in [0.05, 0.1) is 14.2 Å². The molecule has 0 bridgehead atoms. The highest BCUT2D eigenvalue weighted by Crippen LogP contribution is 2.25. The van der Waals surface area contributed by atoms with Crippen LogP contribution in [-0.4, -0.2) is 42.9 Å². The Balaban J connectivity index is 1.77. The molecule has 2 aromatic rings. The molecule has 2 amide bonds. The minimum Gasteiger partial charge on any atom is -0.496 e. The van der Waals surface area contributed by atoms with E-state index in [1.54, 1.807) is 23.1 Å². The van der Waals surface area contributed by atoms with E-state index in [0.29, 0.717) is 30.7 Å². The van der Waals surface area contributed by atoms with E-state index in [0.717, 1.165) is 16.7 Å². The summed E-state index contributed by atoms with van der Waals surface area (Å²) in [5.74, 6) is -0.135. The Bertz CT molecular complexity index is 1000. The summed E-state index contributed by atoms with van der Waals surface area (Å²) in [5.41, 5.74) is 3.18. The van der Waals surface area contributed by atoms with Crippen molar-refractivity contribution in [1.82, 2.24) is 10.2 Å². The number of benzene rings is 2. The maximum Gasteiger partial charge on any atom is 0.341 e. The number of carbonyl (C=O) groups excluding carboxylic acids is 3. The van der Waals surface area contributed by atoms with E-state index < -0.39 is 12.0 Å². The number of carbonyl (C=O) groups is 3. The molecule has 32 heavy (non-hydrogen) atoms. The number of ether oxygens (including phenoxy) is 2. The average Bonchev–Trinajstić information content (AvgIpc) is 2.80. The van der Waals surface area contributed by atoms with E-state index >= 15 is 0 Å². The third-order valence-corrected chi connectivity index (χ3v) is 5.59. The van der Waals surface area contributed by atoms with E-state index in [-0.39, 0.29) is 24.3 Å². The van der Waals surface area contributed by atoms with Gasteiger partial charge in [0.1, 0.15) is 17.4 Å². The summed E-state index contributed by atoms with van der Waals surface area (Å²) in [5, 5.41) is 2.93. The molecule has 0 saturated carbocycles. The lowest BCUT2D eigenvalue weighted by Gasteiger charge is -2.36. The van der Waals surface area contributed by atoms with E-state index in [4.69, 9.17) is 9.47 Å². The molecule has 0 aliphatic carbocycles. The molecule has 1 aliphatic rings. The third kappa shape index (κ3) is 5.28. The number of nitrogens with one attached hydrogen (secondary N) is 1. The minimum atomic E-state index is -0.575. The Hall–Kier alpha value is -3.35. The van der Waals surface area contributed by atoms with Crippen molar-refractivity contribution in [2.24, 2.45) is 5.92 Å². The van der Waals surface area contributed by atoms with Gasteiger partial charge in [-0.1, -0.05) is 44.2 Å². The molecule has 2 aromatic carbocycles. The first kappa shape index (κ1) is 23.3. The van der Waals surface area contributed by atoms with Gasteiger partial charge in [-0.05, 0) is 34.7 Å². The van der Waals surface area contributed by atoms with Gasteiger partial charge in [0.25, 0.3) is 0 Å². The summed E-state index contributed by atoms with van der Waals surface area (Å²) in [6.45, 7) is 4.63. The molecule has 170 valence electrons. The molecule has 0 spiro atoms. The highest BCUT2D eigenvalue weighted by atomic mass is 16.5. The normalized spacial score (nSPS) is 15.2. The number of hydrogen-bond donors (Lipinski definition) is 1. The predicted molar refractivity (Wildman–Crippen MR) is 120 cm³/mol. The number of rotatable bonds is 7. The second-order valence-corrected chi connectivity index (χ2v) is 8.35. The van der Waals surface area contributed by atoms with Gasteiger partial charge < -0.3 is 19.7 Å². The fourth-order valence-electron chi connectivity index (χ4n) is 3.93. The number of methoxy groups -OCH3 is 2. The number of hydrogen-bond acceptors (Lipinski definition) is 5. The van der Waals surface area contributed by atoms with Gasteiger partial charge in [0.15, 0.2) is 0 Å². The Morgan fingerprint density at radius 1 is 1.09 bits per heavy atom. The lowest BCUT2D eigenvalue weighted by atomic mass is 9.92. The molecule has 1 N–H and O–H groups in total. The van der Waals surface area contributed by atoms with Crippen LogP contribution in [0.25, 0.3) is 0 Å². The standard InChI is InChI=1S/C25H30N2O5/c1-16(2)11-23(28)27-15-19-8-6-5-7-18(19)13-21(27)24(29)26-14-17-9-10-22(31-3)20(12-17)25(30)32-4/h5-10,12,16,21H,11,13-15H2,1-4H3,(H,26,29). The fourth-order valence-corrected chi connectivity index (χ4v) is 3.93. The zero-order valence-electron chi connectivity index (χ0n) is 19.0. The number of amides is 2. The van der Waals surface area contributed by atoms with Gasteiger partial charge in [-0.15, -0.1) is 0 Å². The molecule has 0 fully saturated rings. The number of esters is 1. The van der Waals surface area contributed by atoms with Crippen molar-refractivity contribution in [1.29, 1.82) is 0 Å². The number of fused-ring (bicyclic) bond motifs is 1. The van der Waals surface area contributed by atoms with Gasteiger partial charge in [-0.3, -0.25) is 9.59 Å². The molecule has 1 unspecified atom stereocenters. The SMILES string of the molecule is COC(=O)c1cc(CNC(=O)C2Cc3ccccc3CN2C(=O)CC(C)C)ccc1OC. The van der Waals surface area contributed by atoms with Crippen LogP contribution in [0.3, 0.4) is 0 Å². The molecular formula is C25H30N2O5. The van der Waals surface area contributed by atoms with Crippen LogP contribution >= 0.6 is 0 Å². The van der Waals surface area contributed by atoms with Crippen molar-refractivity contribution in [3.63, 3.8) is 0 Å². The molecule has 0 saturated heterocycles. The second kappa shape index (κ2) is 10.3. The lowest BCUT2D eigenvalue weighted by Crippen LogP contribution is -2.52. The quantitative estimate of drug-likeness (QED) is 0.672. The summed E-state index contributed by atoms with van der Waals surface area (Å²) < 4.78 is 10.0. The Morgan fingerprint density at radius 2 is 1.81 bits per heavy atom. The molecule has 0 radical (unpaired) electrons. The summed E-state index contributed by atoms with van der Waals surface area (Å²) in [6, 6.07) is 12.4. The van der Waals surface area contributed by atoms with Crippen LogP contribution in [0.1, 0.15) is 47.3 Å². The minimum absolute atomic E-state index is 0.0212. The molecule has 1 heterocycles. The summed E-state index contributed by atoms with van der Waals surface area (Å²) in [4.78, 5) is 39.8. The first-order valence-corrected chi connectivity index (χ1v) is 10.7. The molecule has 7 heteroatoms. The molecule has 1 atom stereocenters. The first-order valence-electron chi connectivity index (χ1n) is 10.7. The molecule has 7 nitrogen and oxygen atoms in total. The Morgan fingerprint density at radius 3 is 2.47 bits per heavy atom. The van der Waals surface area contributed by atoms with Crippen molar-refractivity contribution in [3.05, 3.63) is 64.7 Å². The third-order valence-electron chi connectivity index (χ3n) is 5.59. The highest BCUT2D eigenvalue weighted by Gasteiger charge is 2.34. The number of nitrogens with zero attached hydrogens (tertiary/aromatic N) is 1. The van der Waals surface area contributed by atoms with Crippen LogP contribution in [0.15, 0.2) is 42.5 Å². The van der Waals surface area contributed by atoms with Crippen molar-refractivity contribution >= 4 is 17.8 Å². The largest absolute Gasteiger partial charge is 0.496 e. The summed E-state index contributed by atoms with van der Waals surface area (Å²) in [7, 11) is 2.78. The maximum atomic E-state index is 13.2. The fraction of sp³-hybridized carbons (Fsp3) is 0.400. The van der Waals surface area contributed by atoms with E-state index in [1.165, 1.54) is 14.2 Å². The van der Waals surface area contributed by atoms with Gasteiger partial charge in [0.2, 0.25) is 11.8 Å². The van der Waals surface area contributed by atoms with Crippen molar-refractivity contribution in [2.75, 3.05) is 14.2 Å². The van der Waals surface area contributed by atoms with Crippen LogP contribution in [0.5, 0.6) is 5.75 Å². The van der Waals surface area contributed by atoms with Crippen LogP contribution in [0, 0.1) is 5.92 Å².